The molecule has 1 fully saturated rings. The fraction of sp³-hybridized carbons (Fsp3) is 0.545. The van der Waals surface area contributed by atoms with E-state index >= 15 is 0 Å². The molecule has 0 bridgehead atoms. The van der Waals surface area contributed by atoms with Crippen LogP contribution in [0.5, 0.6) is 0 Å². The number of amides is 1. The van der Waals surface area contributed by atoms with Gasteiger partial charge in [-0.15, -0.1) is 0 Å². The lowest BCUT2D eigenvalue weighted by Crippen LogP contribution is -2.47. The Bertz CT molecular complexity index is 283. The van der Waals surface area contributed by atoms with Crippen LogP contribution in [0.2, 0.25) is 0 Å². The van der Waals surface area contributed by atoms with E-state index in [0.29, 0.717) is 6.42 Å². The van der Waals surface area contributed by atoms with E-state index in [1.807, 2.05) is 25.2 Å². The van der Waals surface area contributed by atoms with Gasteiger partial charge in [0, 0.05) is 6.42 Å². The van der Waals surface area contributed by atoms with Crippen LogP contribution in [0.25, 0.3) is 0 Å². The van der Waals surface area contributed by atoms with Gasteiger partial charge in [-0.1, -0.05) is 24.3 Å². The van der Waals surface area contributed by atoms with Crippen LogP contribution in [0.15, 0.2) is 24.3 Å². The number of hydrogen-bond donors (Lipinski definition) is 0. The smallest absolute Gasteiger partial charge is 0.250 e. The Labute approximate surface area is 84.0 Å². The van der Waals surface area contributed by atoms with E-state index in [2.05, 4.69) is 6.08 Å². The molecule has 76 valence electrons. The van der Waals surface area contributed by atoms with E-state index in [1.165, 1.54) is 5.06 Å². The molecule has 0 N–H and O–H groups in total. The molecule has 0 unspecified atom stereocenters. The molecule has 0 spiro atoms. The van der Waals surface area contributed by atoms with Crippen LogP contribution in [-0.2, 0) is 9.63 Å². The van der Waals surface area contributed by atoms with Gasteiger partial charge in [0.2, 0.25) is 0 Å². The zero-order valence-electron chi connectivity index (χ0n) is 8.35. The summed E-state index contributed by atoms with van der Waals surface area (Å²) in [6.45, 7) is 1.97. The average Bonchev–Trinajstić information content (AvgIpc) is 2.20. The molecule has 2 heterocycles. The second-order valence-corrected chi connectivity index (χ2v) is 3.67. The standard InChI is InChI=1S/C11H15NO2/c1-2-4-10-8-7-9-5-3-6-11(13)12(9)14-10/h2-5,9-10H,6-8H2,1H3/b4-2+/t9-,10+/m0/s1. The number of fused-ring (bicyclic) bond motifs is 1. The molecule has 0 aliphatic carbocycles. The lowest BCUT2D eigenvalue weighted by Gasteiger charge is -2.38. The Morgan fingerprint density at radius 3 is 3.21 bits per heavy atom. The van der Waals surface area contributed by atoms with Crippen molar-refractivity contribution < 1.29 is 9.63 Å². The molecule has 0 aromatic carbocycles. The Morgan fingerprint density at radius 1 is 1.57 bits per heavy atom. The summed E-state index contributed by atoms with van der Waals surface area (Å²) >= 11 is 0. The van der Waals surface area contributed by atoms with Crippen LogP contribution in [0.3, 0.4) is 0 Å². The predicted octanol–water partition coefficient (Wildman–Crippen LogP) is 1.81. The minimum absolute atomic E-state index is 0.0756. The number of rotatable bonds is 1. The average molecular weight is 193 g/mol. The molecule has 2 aliphatic rings. The lowest BCUT2D eigenvalue weighted by atomic mass is 10.0. The third-order valence-corrected chi connectivity index (χ3v) is 2.60. The second kappa shape index (κ2) is 3.96. The van der Waals surface area contributed by atoms with Gasteiger partial charge in [-0.25, -0.2) is 5.06 Å². The topological polar surface area (TPSA) is 29.5 Å². The highest BCUT2D eigenvalue weighted by Gasteiger charge is 2.31. The molecule has 2 aliphatic heterocycles. The second-order valence-electron chi connectivity index (χ2n) is 3.67. The van der Waals surface area contributed by atoms with Gasteiger partial charge in [0.05, 0.1) is 6.04 Å². The molecule has 0 saturated carbocycles. The van der Waals surface area contributed by atoms with Gasteiger partial charge in [-0.05, 0) is 19.8 Å². The van der Waals surface area contributed by atoms with Crippen LogP contribution in [0, 0.1) is 0 Å². The molecule has 3 heteroatoms. The van der Waals surface area contributed by atoms with Gasteiger partial charge in [-0.2, -0.15) is 0 Å². The van der Waals surface area contributed by atoms with E-state index < -0.39 is 0 Å². The minimum Gasteiger partial charge on any atom is -0.272 e. The molecule has 0 aromatic rings. The maximum absolute atomic E-state index is 11.5. The first-order valence-corrected chi connectivity index (χ1v) is 5.09. The first kappa shape index (κ1) is 9.46. The van der Waals surface area contributed by atoms with Crippen molar-refractivity contribution in [3.63, 3.8) is 0 Å². The summed E-state index contributed by atoms with van der Waals surface area (Å²) in [5.74, 6) is 0.0757. The molecule has 1 saturated heterocycles. The van der Waals surface area contributed by atoms with Crippen molar-refractivity contribution in [2.75, 3.05) is 0 Å². The van der Waals surface area contributed by atoms with Crippen molar-refractivity contribution in [2.24, 2.45) is 0 Å². The molecule has 3 nitrogen and oxygen atoms in total. The Hall–Kier alpha value is -1.09. The zero-order valence-corrected chi connectivity index (χ0v) is 8.35. The zero-order chi connectivity index (χ0) is 9.97. The van der Waals surface area contributed by atoms with Gasteiger partial charge in [0.1, 0.15) is 6.10 Å². The summed E-state index contributed by atoms with van der Waals surface area (Å²) in [7, 11) is 0. The number of carbonyl (C=O) groups is 1. The first-order valence-electron chi connectivity index (χ1n) is 5.09. The quantitative estimate of drug-likeness (QED) is 0.594. The van der Waals surface area contributed by atoms with Crippen molar-refractivity contribution in [3.05, 3.63) is 24.3 Å². The van der Waals surface area contributed by atoms with Crippen LogP contribution in [0.4, 0.5) is 0 Å². The fourth-order valence-corrected chi connectivity index (χ4v) is 1.91. The summed E-state index contributed by atoms with van der Waals surface area (Å²) in [6, 6.07) is 0.165. The van der Waals surface area contributed by atoms with Crippen LogP contribution >= 0.6 is 0 Å². The third kappa shape index (κ3) is 1.73. The van der Waals surface area contributed by atoms with E-state index in [4.69, 9.17) is 4.84 Å². The molecule has 1 amide bonds. The number of hydroxylamine groups is 2. The van der Waals surface area contributed by atoms with Gasteiger partial charge in [-0.3, -0.25) is 9.63 Å². The predicted molar refractivity (Wildman–Crippen MR) is 53.3 cm³/mol. The first-order chi connectivity index (χ1) is 6.81. The van der Waals surface area contributed by atoms with E-state index in [-0.39, 0.29) is 18.1 Å². The number of hydrogen-bond acceptors (Lipinski definition) is 2. The normalized spacial score (nSPS) is 32.4. The van der Waals surface area contributed by atoms with Crippen molar-refractivity contribution >= 4 is 5.91 Å². The highest BCUT2D eigenvalue weighted by molar-refractivity contribution is 5.78. The molecular formula is C11H15NO2. The summed E-state index contributed by atoms with van der Waals surface area (Å²) in [6.07, 6.45) is 10.5. The van der Waals surface area contributed by atoms with E-state index in [0.717, 1.165) is 12.8 Å². The number of carbonyl (C=O) groups excluding carboxylic acids is 1. The maximum Gasteiger partial charge on any atom is 0.250 e. The SMILES string of the molecule is C/C=C/[C@@H]1CC[C@@H]2C=CCC(=O)N2O1. The molecule has 0 aromatic heterocycles. The Balaban J connectivity index is 2.07. The molecular weight excluding hydrogens is 178 g/mol. The lowest BCUT2D eigenvalue weighted by molar-refractivity contribution is -0.225. The molecule has 14 heavy (non-hydrogen) atoms. The van der Waals surface area contributed by atoms with Crippen LogP contribution in [0.1, 0.15) is 26.2 Å². The van der Waals surface area contributed by atoms with Crippen molar-refractivity contribution in [2.45, 2.75) is 38.3 Å². The summed E-state index contributed by atoms with van der Waals surface area (Å²) in [4.78, 5) is 17.1. The third-order valence-electron chi connectivity index (χ3n) is 2.60. The number of nitrogens with zero attached hydrogens (tertiary/aromatic N) is 1. The van der Waals surface area contributed by atoms with Gasteiger partial charge < -0.3 is 0 Å². The van der Waals surface area contributed by atoms with Crippen molar-refractivity contribution in [1.29, 1.82) is 0 Å². The number of allylic oxidation sites excluding steroid dienone is 1. The van der Waals surface area contributed by atoms with Crippen LogP contribution in [-0.4, -0.2) is 23.1 Å². The van der Waals surface area contributed by atoms with E-state index in [9.17, 15) is 4.79 Å². The van der Waals surface area contributed by atoms with Crippen LogP contribution < -0.4 is 0 Å². The maximum atomic E-state index is 11.5. The highest BCUT2D eigenvalue weighted by Crippen LogP contribution is 2.25. The molecule has 2 atom stereocenters. The molecule has 2 rings (SSSR count). The summed E-state index contributed by atoms with van der Waals surface area (Å²) in [5, 5.41) is 1.54. The Kier molecular flexibility index (Phi) is 2.68. The van der Waals surface area contributed by atoms with Crippen molar-refractivity contribution in [3.8, 4) is 0 Å². The van der Waals surface area contributed by atoms with Crippen molar-refractivity contribution in [1.82, 2.24) is 5.06 Å². The minimum atomic E-state index is 0.0756. The van der Waals surface area contributed by atoms with Gasteiger partial charge >= 0.3 is 0 Å². The fourth-order valence-electron chi connectivity index (χ4n) is 1.91. The van der Waals surface area contributed by atoms with Gasteiger partial charge in [0.25, 0.3) is 5.91 Å². The Morgan fingerprint density at radius 2 is 2.43 bits per heavy atom. The largest absolute Gasteiger partial charge is 0.272 e. The monoisotopic (exact) mass is 193 g/mol. The summed E-state index contributed by atoms with van der Waals surface area (Å²) < 4.78 is 0. The highest BCUT2D eigenvalue weighted by atomic mass is 16.7. The van der Waals surface area contributed by atoms with E-state index in [1.54, 1.807) is 0 Å². The van der Waals surface area contributed by atoms with Gasteiger partial charge in [0.15, 0.2) is 0 Å². The molecule has 0 radical (unpaired) electrons. The summed E-state index contributed by atoms with van der Waals surface area (Å²) in [5.41, 5.74) is 0.